The molecule has 98 valence electrons. The summed E-state index contributed by atoms with van der Waals surface area (Å²) >= 11 is 1.52. The molecule has 0 saturated heterocycles. The van der Waals surface area contributed by atoms with Crippen LogP contribution in [-0.4, -0.2) is 8.42 Å². The van der Waals surface area contributed by atoms with E-state index in [0.29, 0.717) is 11.1 Å². The molecule has 0 saturated carbocycles. The molecule has 0 unspecified atom stereocenters. The van der Waals surface area contributed by atoms with Crippen molar-refractivity contribution in [2.75, 3.05) is 0 Å². The van der Waals surface area contributed by atoms with E-state index in [4.69, 9.17) is 5.26 Å². The van der Waals surface area contributed by atoms with Gasteiger partial charge in [0.15, 0.2) is 0 Å². The molecule has 0 fully saturated rings. The van der Waals surface area contributed by atoms with Crippen LogP contribution in [0.5, 0.6) is 0 Å². The van der Waals surface area contributed by atoms with E-state index >= 15 is 0 Å². The molecule has 0 amide bonds. The van der Waals surface area contributed by atoms with Gasteiger partial charge in [0.2, 0.25) is 10.0 Å². The Labute approximate surface area is 116 Å². The summed E-state index contributed by atoms with van der Waals surface area (Å²) in [4.78, 5) is 0.180. The highest BCUT2D eigenvalue weighted by atomic mass is 32.2. The van der Waals surface area contributed by atoms with Gasteiger partial charge in [0.05, 0.1) is 16.5 Å². The fourth-order valence-electron chi connectivity index (χ4n) is 1.58. The highest BCUT2D eigenvalue weighted by molar-refractivity contribution is 7.89. The fraction of sp³-hybridized carbons (Fsp3) is 0.154. The molecular weight excluding hydrogens is 280 g/mol. The topological polar surface area (TPSA) is 70.0 Å². The van der Waals surface area contributed by atoms with Crippen LogP contribution >= 0.6 is 11.3 Å². The van der Waals surface area contributed by atoms with Crippen molar-refractivity contribution in [3.8, 4) is 6.07 Å². The van der Waals surface area contributed by atoms with E-state index in [0.717, 1.165) is 5.56 Å². The van der Waals surface area contributed by atoms with Crippen LogP contribution in [0.1, 0.15) is 16.7 Å². The first-order chi connectivity index (χ1) is 9.03. The summed E-state index contributed by atoms with van der Waals surface area (Å²) in [6.07, 6.45) is 0. The highest BCUT2D eigenvalue weighted by Gasteiger charge is 2.14. The monoisotopic (exact) mass is 292 g/mol. The van der Waals surface area contributed by atoms with Crippen molar-refractivity contribution < 1.29 is 8.42 Å². The zero-order valence-electron chi connectivity index (χ0n) is 10.3. The van der Waals surface area contributed by atoms with E-state index in [1.165, 1.54) is 29.5 Å². The first kappa shape index (κ1) is 13.7. The lowest BCUT2D eigenvalue weighted by Gasteiger charge is -2.07. The smallest absolute Gasteiger partial charge is 0.207 e. The Morgan fingerprint density at radius 2 is 2.16 bits per heavy atom. The lowest BCUT2D eigenvalue weighted by Crippen LogP contribution is -2.23. The molecule has 0 aliphatic rings. The maximum absolute atomic E-state index is 12.1. The van der Waals surface area contributed by atoms with Crippen LogP contribution in [0.3, 0.4) is 0 Å². The Kier molecular flexibility index (Phi) is 4.00. The van der Waals surface area contributed by atoms with Gasteiger partial charge in [-0.05, 0) is 53.1 Å². The van der Waals surface area contributed by atoms with Gasteiger partial charge in [-0.3, -0.25) is 0 Å². The second kappa shape index (κ2) is 5.53. The molecule has 4 nitrogen and oxygen atoms in total. The van der Waals surface area contributed by atoms with Crippen molar-refractivity contribution in [2.45, 2.75) is 18.4 Å². The summed E-state index contributed by atoms with van der Waals surface area (Å²) < 4.78 is 26.7. The number of nitrogens with one attached hydrogen (secondary N) is 1. The molecule has 0 bridgehead atoms. The van der Waals surface area contributed by atoms with Gasteiger partial charge in [-0.1, -0.05) is 0 Å². The third kappa shape index (κ3) is 3.20. The van der Waals surface area contributed by atoms with E-state index in [1.807, 2.05) is 22.9 Å². The number of hydrogen-bond acceptors (Lipinski definition) is 4. The zero-order chi connectivity index (χ0) is 13.9. The third-order valence-corrected chi connectivity index (χ3v) is 4.81. The molecule has 0 radical (unpaired) electrons. The number of nitriles is 1. The summed E-state index contributed by atoms with van der Waals surface area (Å²) in [5.41, 5.74) is 2.07. The fourth-order valence-corrected chi connectivity index (χ4v) is 3.35. The average Bonchev–Trinajstić information content (AvgIpc) is 2.89. The van der Waals surface area contributed by atoms with Crippen LogP contribution in [0, 0.1) is 18.3 Å². The first-order valence-electron chi connectivity index (χ1n) is 5.54. The third-order valence-electron chi connectivity index (χ3n) is 2.68. The Hall–Kier alpha value is -1.68. The molecule has 1 heterocycles. The Bertz CT molecular complexity index is 714. The number of thiophene rings is 1. The first-order valence-corrected chi connectivity index (χ1v) is 7.97. The molecule has 0 spiro atoms. The largest absolute Gasteiger partial charge is 0.240 e. The SMILES string of the molecule is Cc1cc(S(=O)(=O)NCc2ccsc2)ccc1C#N. The quantitative estimate of drug-likeness (QED) is 0.940. The summed E-state index contributed by atoms with van der Waals surface area (Å²) in [6, 6.07) is 8.36. The van der Waals surface area contributed by atoms with Gasteiger partial charge in [-0.2, -0.15) is 16.6 Å². The predicted octanol–water partition coefficient (Wildman–Crippen LogP) is 2.41. The normalized spacial score (nSPS) is 11.2. The van der Waals surface area contributed by atoms with Crippen LogP contribution in [0.25, 0.3) is 0 Å². The van der Waals surface area contributed by atoms with Gasteiger partial charge in [0.1, 0.15) is 0 Å². The van der Waals surface area contributed by atoms with Gasteiger partial charge in [-0.15, -0.1) is 0 Å². The van der Waals surface area contributed by atoms with Crippen LogP contribution in [0.15, 0.2) is 39.9 Å². The van der Waals surface area contributed by atoms with Crippen molar-refractivity contribution in [3.05, 3.63) is 51.7 Å². The van der Waals surface area contributed by atoms with Gasteiger partial charge in [0.25, 0.3) is 0 Å². The van der Waals surface area contributed by atoms with Crippen LogP contribution in [0.2, 0.25) is 0 Å². The second-order valence-corrected chi connectivity index (χ2v) is 6.59. The summed E-state index contributed by atoms with van der Waals surface area (Å²) in [7, 11) is -3.54. The number of nitrogens with zero attached hydrogens (tertiary/aromatic N) is 1. The highest BCUT2D eigenvalue weighted by Crippen LogP contribution is 2.15. The molecule has 0 atom stereocenters. The number of rotatable bonds is 4. The summed E-state index contributed by atoms with van der Waals surface area (Å²) in [5.74, 6) is 0. The summed E-state index contributed by atoms with van der Waals surface area (Å²) in [6.45, 7) is 1.99. The van der Waals surface area contributed by atoms with Crippen molar-refractivity contribution in [3.63, 3.8) is 0 Å². The standard InChI is InChI=1S/C13H12N2O2S2/c1-10-6-13(3-2-12(10)7-14)19(16,17)15-8-11-4-5-18-9-11/h2-6,9,15H,8H2,1H3. The lowest BCUT2D eigenvalue weighted by atomic mass is 10.1. The summed E-state index contributed by atoms with van der Waals surface area (Å²) in [5, 5.41) is 12.6. The second-order valence-electron chi connectivity index (χ2n) is 4.04. The molecule has 19 heavy (non-hydrogen) atoms. The van der Waals surface area contributed by atoms with Crippen LogP contribution in [-0.2, 0) is 16.6 Å². The van der Waals surface area contributed by atoms with Gasteiger partial charge < -0.3 is 0 Å². The molecule has 1 aromatic carbocycles. The predicted molar refractivity (Wildman–Crippen MR) is 74.2 cm³/mol. The van der Waals surface area contributed by atoms with Crippen molar-refractivity contribution >= 4 is 21.4 Å². The Morgan fingerprint density at radius 3 is 2.74 bits per heavy atom. The molecule has 0 aliphatic heterocycles. The van der Waals surface area contributed by atoms with E-state index in [2.05, 4.69) is 4.72 Å². The number of sulfonamides is 1. The number of benzene rings is 1. The molecule has 0 aliphatic carbocycles. The minimum absolute atomic E-state index is 0.180. The molecule has 2 aromatic rings. The van der Waals surface area contributed by atoms with Crippen molar-refractivity contribution in [1.82, 2.24) is 4.72 Å². The van der Waals surface area contributed by atoms with Crippen molar-refractivity contribution in [1.29, 1.82) is 5.26 Å². The van der Waals surface area contributed by atoms with Gasteiger partial charge in [0, 0.05) is 6.54 Å². The van der Waals surface area contributed by atoms with Crippen LogP contribution < -0.4 is 4.72 Å². The lowest BCUT2D eigenvalue weighted by molar-refractivity contribution is 0.581. The number of aryl methyl sites for hydroxylation is 1. The van der Waals surface area contributed by atoms with E-state index < -0.39 is 10.0 Å². The molecule has 2 rings (SSSR count). The average molecular weight is 292 g/mol. The molecule has 1 N–H and O–H groups in total. The molecular formula is C13H12N2O2S2. The van der Waals surface area contributed by atoms with Crippen molar-refractivity contribution in [2.24, 2.45) is 0 Å². The minimum atomic E-state index is -3.54. The van der Waals surface area contributed by atoms with E-state index in [9.17, 15) is 8.42 Å². The van der Waals surface area contributed by atoms with Crippen LogP contribution in [0.4, 0.5) is 0 Å². The van der Waals surface area contributed by atoms with E-state index in [-0.39, 0.29) is 11.4 Å². The Morgan fingerprint density at radius 1 is 1.37 bits per heavy atom. The molecule has 6 heteroatoms. The zero-order valence-corrected chi connectivity index (χ0v) is 11.9. The van der Waals surface area contributed by atoms with Gasteiger partial charge in [-0.25, -0.2) is 13.1 Å². The number of hydrogen-bond donors (Lipinski definition) is 1. The minimum Gasteiger partial charge on any atom is -0.207 e. The maximum atomic E-state index is 12.1. The molecule has 1 aromatic heterocycles. The Balaban J connectivity index is 2.20. The van der Waals surface area contributed by atoms with Gasteiger partial charge >= 0.3 is 0 Å². The van der Waals surface area contributed by atoms with E-state index in [1.54, 1.807) is 6.92 Å². The maximum Gasteiger partial charge on any atom is 0.240 e.